The van der Waals surface area contributed by atoms with Crippen LogP contribution in [0.2, 0.25) is 5.15 Å². The molecule has 0 aliphatic rings. The van der Waals surface area contributed by atoms with Crippen LogP contribution in [0.25, 0.3) is 0 Å². The first kappa shape index (κ1) is 22.9. The number of ketones is 1. The van der Waals surface area contributed by atoms with Gasteiger partial charge >= 0.3 is 5.97 Å². The van der Waals surface area contributed by atoms with Crippen molar-refractivity contribution in [2.24, 2.45) is 5.41 Å². The Balaban J connectivity index is 2.06. The van der Waals surface area contributed by atoms with Gasteiger partial charge in [-0.1, -0.05) is 44.5 Å². The van der Waals surface area contributed by atoms with E-state index in [9.17, 15) is 14.4 Å². The summed E-state index contributed by atoms with van der Waals surface area (Å²) in [5, 5.41) is 2.40. The second-order valence-corrected chi connectivity index (χ2v) is 9.08. The lowest BCUT2D eigenvalue weighted by Crippen LogP contribution is -2.26. The van der Waals surface area contributed by atoms with E-state index in [4.69, 9.17) is 16.3 Å². The van der Waals surface area contributed by atoms with Gasteiger partial charge in [-0.3, -0.25) is 9.59 Å². The van der Waals surface area contributed by atoms with E-state index in [-0.39, 0.29) is 23.5 Å². The van der Waals surface area contributed by atoms with Gasteiger partial charge in [0.2, 0.25) is 5.91 Å². The Kier molecular flexibility index (Phi) is 7.81. The van der Waals surface area contributed by atoms with Crippen molar-refractivity contribution in [1.29, 1.82) is 0 Å². The Morgan fingerprint density at radius 2 is 1.86 bits per heavy atom. The molecule has 0 aliphatic carbocycles. The molecule has 2 rings (SSSR count). The van der Waals surface area contributed by atoms with Gasteiger partial charge in [-0.05, 0) is 31.2 Å². The summed E-state index contributed by atoms with van der Waals surface area (Å²) >= 11 is 7.18. The fourth-order valence-corrected chi connectivity index (χ4v) is 3.27. The number of amides is 1. The molecule has 8 heteroatoms. The number of carbonyl (C=O) groups excluding carboxylic acids is 3. The Morgan fingerprint density at radius 1 is 1.17 bits per heavy atom. The first-order chi connectivity index (χ1) is 13.6. The highest BCUT2D eigenvalue weighted by atomic mass is 35.5. The lowest BCUT2D eigenvalue weighted by molar-refractivity contribution is -0.129. The van der Waals surface area contributed by atoms with Crippen LogP contribution < -0.4 is 5.32 Å². The predicted molar refractivity (Wildman–Crippen MR) is 114 cm³/mol. The number of Topliss-reactive ketones (excluding diaryl/α,β-unsaturated/α-hetero) is 1. The van der Waals surface area contributed by atoms with Crippen molar-refractivity contribution in [3.63, 3.8) is 0 Å². The zero-order valence-electron chi connectivity index (χ0n) is 16.7. The lowest BCUT2D eigenvalue weighted by atomic mass is 9.91. The summed E-state index contributed by atoms with van der Waals surface area (Å²) in [6.07, 6.45) is 1.53. The molecule has 1 aromatic carbocycles. The predicted octanol–water partition coefficient (Wildman–Crippen LogP) is 4.63. The fourth-order valence-electron chi connectivity index (χ4n) is 2.12. The van der Waals surface area contributed by atoms with Gasteiger partial charge in [-0.2, -0.15) is 0 Å². The van der Waals surface area contributed by atoms with Gasteiger partial charge in [-0.15, -0.1) is 11.8 Å². The lowest BCUT2D eigenvalue weighted by Gasteiger charge is -2.17. The summed E-state index contributed by atoms with van der Waals surface area (Å²) in [6.45, 7) is 6.72. The van der Waals surface area contributed by atoms with Gasteiger partial charge in [0.15, 0.2) is 17.5 Å². The van der Waals surface area contributed by atoms with Gasteiger partial charge in [0, 0.05) is 16.5 Å². The van der Waals surface area contributed by atoms with Gasteiger partial charge in [0.05, 0.1) is 16.5 Å². The summed E-state index contributed by atoms with van der Waals surface area (Å²) in [4.78, 5) is 41.5. The van der Waals surface area contributed by atoms with Crippen molar-refractivity contribution < 1.29 is 19.1 Å². The molecule has 1 atom stereocenters. The molecule has 1 heterocycles. The van der Waals surface area contributed by atoms with Crippen LogP contribution in [0.4, 0.5) is 5.69 Å². The summed E-state index contributed by atoms with van der Waals surface area (Å²) in [5.74, 6) is -1.05. The van der Waals surface area contributed by atoms with E-state index in [0.29, 0.717) is 16.1 Å². The number of nitrogens with zero attached hydrogens (tertiary/aromatic N) is 1. The molecule has 0 radical (unpaired) electrons. The maximum atomic E-state index is 12.5. The fraction of sp³-hybridized carbons (Fsp3) is 0.333. The number of hydrogen-bond acceptors (Lipinski definition) is 6. The molecule has 154 valence electrons. The Labute approximate surface area is 179 Å². The molecule has 29 heavy (non-hydrogen) atoms. The number of esters is 1. The number of rotatable bonds is 7. The number of anilines is 1. The minimum Gasteiger partial charge on any atom is -0.454 e. The topological polar surface area (TPSA) is 85.4 Å². The third kappa shape index (κ3) is 6.58. The number of benzene rings is 1. The average Bonchev–Trinajstić information content (AvgIpc) is 2.67. The second-order valence-electron chi connectivity index (χ2n) is 7.34. The number of pyridine rings is 1. The molecule has 0 spiro atoms. The maximum absolute atomic E-state index is 12.5. The van der Waals surface area contributed by atoms with Crippen molar-refractivity contribution >= 4 is 46.7 Å². The zero-order chi connectivity index (χ0) is 21.6. The molecule has 0 bridgehead atoms. The second kappa shape index (κ2) is 9.89. The van der Waals surface area contributed by atoms with E-state index < -0.39 is 16.6 Å². The van der Waals surface area contributed by atoms with E-state index >= 15 is 0 Å². The van der Waals surface area contributed by atoms with Crippen molar-refractivity contribution in [2.45, 2.75) is 37.8 Å². The number of halogens is 1. The zero-order valence-corrected chi connectivity index (χ0v) is 18.3. The van der Waals surface area contributed by atoms with Gasteiger partial charge in [0.25, 0.3) is 0 Å². The van der Waals surface area contributed by atoms with Crippen LogP contribution in [0.1, 0.15) is 38.1 Å². The van der Waals surface area contributed by atoms with Crippen molar-refractivity contribution in [3.8, 4) is 0 Å². The first-order valence-electron chi connectivity index (χ1n) is 8.97. The highest BCUT2D eigenvalue weighted by Gasteiger charge is 2.24. The van der Waals surface area contributed by atoms with Crippen LogP contribution >= 0.6 is 23.4 Å². The third-order valence-electron chi connectivity index (χ3n) is 3.97. The average molecular weight is 435 g/mol. The van der Waals surface area contributed by atoms with Gasteiger partial charge in [-0.25, -0.2) is 9.78 Å². The van der Waals surface area contributed by atoms with Crippen molar-refractivity contribution in [3.05, 3.63) is 53.3 Å². The Hall–Kier alpha value is -2.38. The molecule has 0 fully saturated rings. The SMILES string of the molecule is C[C@@H](Sc1ccccc1C(=O)OCC(=O)C(C)(C)C)C(=O)Nc1cccnc1Cl. The normalized spacial score (nSPS) is 12.2. The standard InChI is InChI=1S/C21H23ClN2O4S/c1-13(19(26)24-15-9-7-11-23-18(15)22)29-16-10-6-5-8-14(16)20(27)28-12-17(25)21(2,3)4/h5-11,13H,12H2,1-4H3,(H,24,26)/t13-/m1/s1. The summed E-state index contributed by atoms with van der Waals surface area (Å²) in [6, 6.07) is 10.1. The monoisotopic (exact) mass is 434 g/mol. The molecule has 2 aromatic rings. The van der Waals surface area contributed by atoms with Crippen molar-refractivity contribution in [1.82, 2.24) is 4.98 Å². The molecule has 6 nitrogen and oxygen atoms in total. The van der Waals surface area contributed by atoms with Gasteiger partial charge < -0.3 is 10.1 Å². The molecule has 1 amide bonds. The molecule has 1 aromatic heterocycles. The molecule has 0 saturated heterocycles. The molecule has 0 aliphatic heterocycles. The van der Waals surface area contributed by atoms with E-state index in [1.165, 1.54) is 18.0 Å². The minimum absolute atomic E-state index is 0.169. The van der Waals surface area contributed by atoms with E-state index in [1.54, 1.807) is 64.1 Å². The Morgan fingerprint density at radius 3 is 2.52 bits per heavy atom. The quantitative estimate of drug-likeness (QED) is 0.388. The van der Waals surface area contributed by atoms with E-state index in [2.05, 4.69) is 10.3 Å². The van der Waals surface area contributed by atoms with Crippen LogP contribution in [-0.4, -0.2) is 34.5 Å². The summed E-state index contributed by atoms with van der Waals surface area (Å²) in [5.41, 5.74) is 0.132. The molecular formula is C21H23ClN2O4S. The summed E-state index contributed by atoms with van der Waals surface area (Å²) < 4.78 is 5.18. The number of hydrogen-bond donors (Lipinski definition) is 1. The van der Waals surface area contributed by atoms with Crippen LogP contribution in [0.15, 0.2) is 47.5 Å². The molecule has 1 N–H and O–H groups in total. The molecule has 0 saturated carbocycles. The van der Waals surface area contributed by atoms with Crippen molar-refractivity contribution in [2.75, 3.05) is 11.9 Å². The van der Waals surface area contributed by atoms with Gasteiger partial charge in [0.1, 0.15) is 0 Å². The first-order valence-corrected chi connectivity index (χ1v) is 10.2. The highest BCUT2D eigenvalue weighted by Crippen LogP contribution is 2.29. The van der Waals surface area contributed by atoms with E-state index in [0.717, 1.165) is 0 Å². The highest BCUT2D eigenvalue weighted by molar-refractivity contribution is 8.00. The van der Waals surface area contributed by atoms with Crippen LogP contribution in [-0.2, 0) is 14.3 Å². The van der Waals surface area contributed by atoms with Crippen LogP contribution in [0.3, 0.4) is 0 Å². The number of nitrogens with one attached hydrogen (secondary N) is 1. The van der Waals surface area contributed by atoms with Crippen LogP contribution in [0.5, 0.6) is 0 Å². The van der Waals surface area contributed by atoms with E-state index in [1.807, 2.05) is 0 Å². The third-order valence-corrected chi connectivity index (χ3v) is 5.45. The Bertz CT molecular complexity index is 912. The molecular weight excluding hydrogens is 412 g/mol. The number of aromatic nitrogens is 1. The number of ether oxygens (including phenoxy) is 1. The minimum atomic E-state index is -0.603. The summed E-state index contributed by atoms with van der Waals surface area (Å²) in [7, 11) is 0. The van der Waals surface area contributed by atoms with Crippen LogP contribution in [0, 0.1) is 5.41 Å². The largest absolute Gasteiger partial charge is 0.454 e. The maximum Gasteiger partial charge on any atom is 0.339 e. The number of carbonyl (C=O) groups is 3. The number of thioether (sulfide) groups is 1. The molecule has 0 unspecified atom stereocenters. The smallest absolute Gasteiger partial charge is 0.339 e.